The van der Waals surface area contributed by atoms with E-state index in [1.807, 2.05) is 24.0 Å². The monoisotopic (exact) mass is 418 g/mol. The van der Waals surface area contributed by atoms with Gasteiger partial charge in [0, 0.05) is 29.1 Å². The zero-order chi connectivity index (χ0) is 20.5. The van der Waals surface area contributed by atoms with Crippen molar-refractivity contribution in [1.29, 1.82) is 0 Å². The molecule has 3 aromatic rings. The number of thioether (sulfide) groups is 1. The van der Waals surface area contributed by atoms with Gasteiger partial charge in [-0.15, -0.1) is 11.8 Å². The number of hydrogen-bond donors (Lipinski definition) is 0. The van der Waals surface area contributed by atoms with Gasteiger partial charge in [0.05, 0.1) is 17.9 Å². The number of ether oxygens (including phenoxy) is 1. The SMILES string of the molecule is CC[C@H]1CN2CC[C@H]1C[C@H]2[C@@H](Sc1ccccc1)c1ccnc2ccc(OC)cc12. The lowest BCUT2D eigenvalue weighted by Gasteiger charge is -2.52. The number of rotatable bonds is 6. The molecule has 4 heteroatoms. The minimum atomic E-state index is 0.380. The van der Waals surface area contributed by atoms with Crippen LogP contribution >= 0.6 is 11.8 Å². The fraction of sp³-hybridized carbons (Fsp3) is 0.423. The molecule has 4 heterocycles. The fourth-order valence-electron chi connectivity index (χ4n) is 5.47. The molecule has 0 radical (unpaired) electrons. The van der Waals surface area contributed by atoms with Crippen molar-refractivity contribution in [3.8, 4) is 5.75 Å². The summed E-state index contributed by atoms with van der Waals surface area (Å²) in [4.78, 5) is 8.76. The molecule has 1 aromatic heterocycles. The second kappa shape index (κ2) is 8.60. The maximum atomic E-state index is 5.55. The van der Waals surface area contributed by atoms with Gasteiger partial charge in [0.2, 0.25) is 0 Å². The standard InChI is InChI=1S/C26H30N2OS/c1-3-18-17-28-14-12-19(18)15-25(28)26(30-21-7-5-4-6-8-21)22-11-13-27-24-10-9-20(29-2)16-23(22)24/h4-11,13,16,18-19,25-26H,3,12,14-15,17H2,1-2H3/t18-,19-,25-,26-/m0/s1. The third kappa shape index (κ3) is 3.72. The van der Waals surface area contributed by atoms with Crippen molar-refractivity contribution in [1.82, 2.24) is 9.88 Å². The second-order valence-electron chi connectivity index (χ2n) is 8.65. The van der Waals surface area contributed by atoms with E-state index in [-0.39, 0.29) is 0 Å². The number of aromatic nitrogens is 1. The predicted octanol–water partition coefficient (Wildman–Crippen LogP) is 6.20. The van der Waals surface area contributed by atoms with Gasteiger partial charge in [-0.2, -0.15) is 0 Å². The highest BCUT2D eigenvalue weighted by Gasteiger charge is 2.43. The Morgan fingerprint density at radius 1 is 1.17 bits per heavy atom. The minimum absolute atomic E-state index is 0.380. The van der Waals surface area contributed by atoms with Gasteiger partial charge in [0.1, 0.15) is 5.75 Å². The van der Waals surface area contributed by atoms with Gasteiger partial charge in [0.25, 0.3) is 0 Å². The number of benzene rings is 2. The van der Waals surface area contributed by atoms with Crippen molar-refractivity contribution in [2.75, 3.05) is 20.2 Å². The zero-order valence-corrected chi connectivity index (χ0v) is 18.6. The zero-order valence-electron chi connectivity index (χ0n) is 17.8. The molecular weight excluding hydrogens is 388 g/mol. The van der Waals surface area contributed by atoms with E-state index in [2.05, 4.69) is 65.3 Å². The molecule has 6 rings (SSSR count). The Bertz CT molecular complexity index is 1010. The molecule has 0 aliphatic carbocycles. The Labute approximate surface area is 183 Å². The van der Waals surface area contributed by atoms with Crippen LogP contribution in [-0.2, 0) is 0 Å². The Morgan fingerprint density at radius 3 is 2.77 bits per heavy atom. The number of piperidine rings is 3. The van der Waals surface area contributed by atoms with Gasteiger partial charge in [-0.3, -0.25) is 9.88 Å². The van der Waals surface area contributed by atoms with Crippen molar-refractivity contribution in [3.05, 3.63) is 66.4 Å². The largest absolute Gasteiger partial charge is 0.497 e. The highest BCUT2D eigenvalue weighted by Crippen LogP contribution is 2.49. The van der Waals surface area contributed by atoms with Gasteiger partial charge < -0.3 is 4.74 Å². The van der Waals surface area contributed by atoms with E-state index < -0.39 is 0 Å². The molecule has 0 N–H and O–H groups in total. The smallest absolute Gasteiger partial charge is 0.119 e. The average Bonchev–Trinajstić information content (AvgIpc) is 2.82. The van der Waals surface area contributed by atoms with Gasteiger partial charge in [-0.05, 0) is 73.2 Å². The van der Waals surface area contributed by atoms with Gasteiger partial charge in [-0.25, -0.2) is 0 Å². The molecule has 1 unspecified atom stereocenters. The van der Waals surface area contributed by atoms with E-state index >= 15 is 0 Å². The summed E-state index contributed by atoms with van der Waals surface area (Å²) in [6, 6.07) is 19.9. The first-order valence-corrected chi connectivity index (χ1v) is 12.0. The van der Waals surface area contributed by atoms with Crippen LogP contribution in [0.15, 0.2) is 65.7 Å². The highest BCUT2D eigenvalue weighted by molar-refractivity contribution is 7.99. The van der Waals surface area contributed by atoms with E-state index in [0.29, 0.717) is 11.3 Å². The normalized spacial score (nSPS) is 26.6. The summed E-state index contributed by atoms with van der Waals surface area (Å²) in [5, 5.41) is 1.60. The van der Waals surface area contributed by atoms with Crippen molar-refractivity contribution in [2.45, 2.75) is 42.4 Å². The summed E-state index contributed by atoms with van der Waals surface area (Å²) in [5.74, 6) is 2.63. The summed E-state index contributed by atoms with van der Waals surface area (Å²) < 4.78 is 5.55. The van der Waals surface area contributed by atoms with Gasteiger partial charge >= 0.3 is 0 Å². The van der Waals surface area contributed by atoms with Gasteiger partial charge in [-0.1, -0.05) is 31.5 Å². The van der Waals surface area contributed by atoms with Crippen LogP contribution in [0.4, 0.5) is 0 Å². The predicted molar refractivity (Wildman–Crippen MR) is 125 cm³/mol. The number of pyridine rings is 1. The first-order chi connectivity index (χ1) is 14.8. The number of nitrogens with zero attached hydrogens (tertiary/aromatic N) is 2. The highest BCUT2D eigenvalue weighted by atomic mass is 32.2. The van der Waals surface area contributed by atoms with Crippen molar-refractivity contribution < 1.29 is 4.74 Å². The lowest BCUT2D eigenvalue weighted by molar-refractivity contribution is -0.000887. The molecule has 156 valence electrons. The molecule has 3 aliphatic heterocycles. The van der Waals surface area contributed by atoms with E-state index in [0.717, 1.165) is 23.1 Å². The van der Waals surface area contributed by atoms with Crippen molar-refractivity contribution >= 4 is 22.7 Å². The van der Waals surface area contributed by atoms with E-state index in [9.17, 15) is 0 Å². The maximum Gasteiger partial charge on any atom is 0.119 e. The molecule has 0 saturated carbocycles. The summed E-state index contributed by atoms with van der Waals surface area (Å²) in [5.41, 5.74) is 2.44. The molecule has 3 saturated heterocycles. The van der Waals surface area contributed by atoms with Gasteiger partial charge in [0.15, 0.2) is 0 Å². The second-order valence-corrected chi connectivity index (χ2v) is 9.86. The van der Waals surface area contributed by atoms with Crippen molar-refractivity contribution in [2.24, 2.45) is 11.8 Å². The van der Waals surface area contributed by atoms with E-state index in [4.69, 9.17) is 4.74 Å². The lowest BCUT2D eigenvalue weighted by Crippen LogP contribution is -2.54. The summed E-state index contributed by atoms with van der Waals surface area (Å²) >= 11 is 2.01. The number of hydrogen-bond acceptors (Lipinski definition) is 4. The Kier molecular flexibility index (Phi) is 5.70. The molecule has 0 spiro atoms. The molecule has 3 fully saturated rings. The van der Waals surface area contributed by atoms with Crippen LogP contribution in [0.3, 0.4) is 0 Å². The first-order valence-electron chi connectivity index (χ1n) is 11.1. The van der Waals surface area contributed by atoms with E-state index in [1.165, 1.54) is 48.2 Å². The molecule has 3 aliphatic rings. The molecule has 3 nitrogen and oxygen atoms in total. The molecular formula is C26H30N2OS. The lowest BCUT2D eigenvalue weighted by atomic mass is 9.73. The third-order valence-electron chi connectivity index (χ3n) is 7.11. The first kappa shape index (κ1) is 19.9. The fourth-order valence-corrected chi connectivity index (χ4v) is 6.85. The summed E-state index contributed by atoms with van der Waals surface area (Å²) in [7, 11) is 1.74. The Balaban J connectivity index is 1.58. The Morgan fingerprint density at radius 2 is 2.03 bits per heavy atom. The van der Waals surface area contributed by atoms with Crippen LogP contribution in [-0.4, -0.2) is 36.1 Å². The van der Waals surface area contributed by atoms with Crippen LogP contribution < -0.4 is 4.74 Å². The van der Waals surface area contributed by atoms with Crippen LogP contribution in [0, 0.1) is 11.8 Å². The van der Waals surface area contributed by atoms with E-state index in [1.54, 1.807) is 7.11 Å². The molecule has 2 aromatic carbocycles. The maximum absolute atomic E-state index is 5.55. The van der Waals surface area contributed by atoms with Crippen LogP contribution in [0.2, 0.25) is 0 Å². The average molecular weight is 419 g/mol. The number of methoxy groups -OCH3 is 1. The van der Waals surface area contributed by atoms with Crippen LogP contribution in [0.25, 0.3) is 10.9 Å². The molecule has 5 atom stereocenters. The third-order valence-corrected chi connectivity index (χ3v) is 8.47. The summed E-state index contributed by atoms with van der Waals surface area (Å²) in [6.45, 7) is 4.86. The van der Waals surface area contributed by atoms with Crippen LogP contribution in [0.1, 0.15) is 37.0 Å². The number of fused-ring (bicyclic) bond motifs is 4. The molecule has 0 amide bonds. The van der Waals surface area contributed by atoms with Crippen molar-refractivity contribution in [3.63, 3.8) is 0 Å². The minimum Gasteiger partial charge on any atom is -0.497 e. The molecule has 2 bridgehead atoms. The van der Waals surface area contributed by atoms with Crippen LogP contribution in [0.5, 0.6) is 5.75 Å². The summed E-state index contributed by atoms with van der Waals surface area (Å²) in [6.07, 6.45) is 5.95. The quantitative estimate of drug-likeness (QED) is 0.445. The Hall–Kier alpha value is -2.04. The topological polar surface area (TPSA) is 25.4 Å². The molecule has 30 heavy (non-hydrogen) atoms.